The van der Waals surface area contributed by atoms with Gasteiger partial charge in [0.1, 0.15) is 23.3 Å². The Bertz CT molecular complexity index is 685. The number of aliphatic carboxylic acids is 2. The zero-order chi connectivity index (χ0) is 27.5. The highest BCUT2D eigenvalue weighted by Crippen LogP contribution is 2.15. The van der Waals surface area contributed by atoms with Crippen molar-refractivity contribution in [3.05, 3.63) is 0 Å². The second-order valence-electron chi connectivity index (χ2n) is 10.9. The van der Waals surface area contributed by atoms with Crippen molar-refractivity contribution in [2.24, 2.45) is 0 Å². The van der Waals surface area contributed by atoms with Crippen molar-refractivity contribution in [2.45, 2.75) is 77.7 Å². The van der Waals surface area contributed by atoms with Gasteiger partial charge in [0.05, 0.1) is 12.8 Å². The first-order chi connectivity index (χ1) is 16.6. The summed E-state index contributed by atoms with van der Waals surface area (Å²) < 4.78 is 10.7. The highest BCUT2D eigenvalue weighted by atomic mass is 16.6. The first-order valence-electron chi connectivity index (χ1n) is 12.4. The molecule has 12 nitrogen and oxygen atoms in total. The fraction of sp³-hybridized carbons (Fsp3) is 0.833. The average molecular weight is 517 g/mol. The Labute approximate surface area is 213 Å². The number of hydrogen-bond donors (Lipinski definition) is 4. The Morgan fingerprint density at radius 1 is 0.667 bits per heavy atom. The molecular weight excluding hydrogens is 472 g/mol. The lowest BCUT2D eigenvalue weighted by molar-refractivity contribution is -0.161. The van der Waals surface area contributed by atoms with E-state index < -0.39 is 47.2 Å². The normalized spacial score (nSPS) is 19.3. The lowest BCUT2D eigenvalue weighted by Crippen LogP contribution is -2.53. The van der Waals surface area contributed by atoms with Gasteiger partial charge < -0.3 is 30.3 Å². The van der Waals surface area contributed by atoms with Gasteiger partial charge in [-0.15, -0.1) is 0 Å². The Morgan fingerprint density at radius 3 is 1.28 bits per heavy atom. The summed E-state index contributed by atoms with van der Waals surface area (Å²) in [6.07, 6.45) is -0.678. The fourth-order valence-corrected chi connectivity index (χ4v) is 3.80. The van der Waals surface area contributed by atoms with Crippen LogP contribution >= 0.6 is 0 Å². The van der Waals surface area contributed by atoms with Gasteiger partial charge in [0.25, 0.3) is 0 Å². The summed E-state index contributed by atoms with van der Waals surface area (Å²) in [4.78, 5) is 52.4. The van der Waals surface area contributed by atoms with Crippen LogP contribution in [0.4, 0.5) is 0 Å². The SMILES string of the molecule is CC(C)(C)OC(=O)CC(C(=O)O)N1CCNCCNCCN(C(CC(=O)OC(C)(C)C)C(=O)O)CC1. The Kier molecular flexibility index (Phi) is 12.8. The van der Waals surface area contributed by atoms with Crippen LogP contribution in [0.25, 0.3) is 0 Å². The number of hydrogen-bond acceptors (Lipinski definition) is 10. The number of ether oxygens (including phenoxy) is 2. The number of esters is 2. The van der Waals surface area contributed by atoms with Crippen molar-refractivity contribution < 1.29 is 38.9 Å². The summed E-state index contributed by atoms with van der Waals surface area (Å²) in [5.41, 5.74) is -1.49. The maximum Gasteiger partial charge on any atom is 0.321 e. The van der Waals surface area contributed by atoms with E-state index in [4.69, 9.17) is 9.47 Å². The van der Waals surface area contributed by atoms with Crippen LogP contribution < -0.4 is 10.6 Å². The number of rotatable bonds is 8. The first kappa shape index (κ1) is 31.7. The predicted octanol–water partition coefficient (Wildman–Crippen LogP) is 0.153. The largest absolute Gasteiger partial charge is 0.480 e. The number of carbonyl (C=O) groups is 4. The molecule has 1 aliphatic heterocycles. The van der Waals surface area contributed by atoms with Gasteiger partial charge >= 0.3 is 23.9 Å². The standard InChI is InChI=1S/C24H44N4O8/c1-23(2,3)35-19(29)15-17(21(31)32)27-11-9-25-7-8-26-10-12-28(14-13-27)18(22(33)34)16-20(30)36-24(4,5)6/h17-18,25-26H,7-16H2,1-6H3,(H,31,32)(H,33,34). The molecule has 0 radical (unpaired) electrons. The van der Waals surface area contributed by atoms with Gasteiger partial charge in [-0.2, -0.15) is 0 Å². The van der Waals surface area contributed by atoms with E-state index in [2.05, 4.69) is 10.6 Å². The van der Waals surface area contributed by atoms with E-state index in [1.54, 1.807) is 51.3 Å². The van der Waals surface area contributed by atoms with Gasteiger partial charge in [-0.1, -0.05) is 0 Å². The minimum Gasteiger partial charge on any atom is -0.480 e. The van der Waals surface area contributed by atoms with Crippen molar-refractivity contribution in [1.29, 1.82) is 0 Å². The minimum atomic E-state index is -1.16. The molecular formula is C24H44N4O8. The quantitative estimate of drug-likeness (QED) is 0.324. The molecule has 0 amide bonds. The van der Waals surface area contributed by atoms with Crippen molar-refractivity contribution >= 4 is 23.9 Å². The van der Waals surface area contributed by atoms with Gasteiger partial charge in [-0.05, 0) is 41.5 Å². The predicted molar refractivity (Wildman–Crippen MR) is 133 cm³/mol. The molecule has 0 spiro atoms. The molecule has 36 heavy (non-hydrogen) atoms. The van der Waals surface area contributed by atoms with Gasteiger partial charge in [-0.25, -0.2) is 0 Å². The molecule has 208 valence electrons. The highest BCUT2D eigenvalue weighted by molar-refractivity contribution is 5.82. The molecule has 2 atom stereocenters. The summed E-state index contributed by atoms with van der Waals surface area (Å²) in [5, 5.41) is 26.3. The third-order valence-electron chi connectivity index (χ3n) is 5.32. The summed E-state index contributed by atoms with van der Waals surface area (Å²) >= 11 is 0. The van der Waals surface area contributed by atoms with E-state index in [0.29, 0.717) is 39.3 Å². The Balaban J connectivity index is 3.09. The lowest BCUT2D eigenvalue weighted by Gasteiger charge is -2.34. The number of carbonyl (C=O) groups excluding carboxylic acids is 2. The van der Waals surface area contributed by atoms with Crippen LogP contribution in [0.15, 0.2) is 0 Å². The molecule has 1 aliphatic rings. The van der Waals surface area contributed by atoms with Crippen LogP contribution in [0.1, 0.15) is 54.4 Å². The molecule has 1 rings (SSSR count). The molecule has 0 aliphatic carbocycles. The molecule has 0 bridgehead atoms. The Hall–Kier alpha value is -2.28. The second-order valence-corrected chi connectivity index (χ2v) is 10.9. The maximum atomic E-state index is 12.4. The van der Waals surface area contributed by atoms with Crippen LogP contribution in [-0.2, 0) is 28.7 Å². The molecule has 0 saturated carbocycles. The van der Waals surface area contributed by atoms with E-state index in [9.17, 15) is 29.4 Å². The minimum absolute atomic E-state index is 0.180. The molecule has 2 unspecified atom stereocenters. The van der Waals surface area contributed by atoms with Gasteiger partial charge in [0.15, 0.2) is 0 Å². The van der Waals surface area contributed by atoms with Crippen molar-refractivity contribution in [2.75, 3.05) is 52.4 Å². The number of carboxylic acids is 2. The van der Waals surface area contributed by atoms with Crippen molar-refractivity contribution in [3.63, 3.8) is 0 Å². The summed E-state index contributed by atoms with van der Waals surface area (Å²) in [6.45, 7) is 13.5. The molecule has 1 heterocycles. The van der Waals surface area contributed by atoms with Crippen LogP contribution in [0.2, 0.25) is 0 Å². The lowest BCUT2D eigenvalue weighted by atomic mass is 10.1. The van der Waals surface area contributed by atoms with Gasteiger partial charge in [0, 0.05) is 52.4 Å². The molecule has 0 aromatic rings. The van der Waals surface area contributed by atoms with Gasteiger partial charge in [-0.3, -0.25) is 29.0 Å². The maximum absolute atomic E-state index is 12.4. The molecule has 0 aromatic carbocycles. The van der Waals surface area contributed by atoms with Crippen molar-refractivity contribution in [3.8, 4) is 0 Å². The molecule has 12 heteroatoms. The average Bonchev–Trinajstić information content (AvgIpc) is 2.68. The topological polar surface area (TPSA) is 158 Å². The highest BCUT2D eigenvalue weighted by Gasteiger charge is 2.34. The summed E-state index contributed by atoms with van der Waals surface area (Å²) in [6, 6.07) is -2.28. The number of nitrogens with zero attached hydrogens (tertiary/aromatic N) is 2. The van der Waals surface area contributed by atoms with Crippen LogP contribution in [0.3, 0.4) is 0 Å². The zero-order valence-corrected chi connectivity index (χ0v) is 22.5. The first-order valence-corrected chi connectivity index (χ1v) is 12.4. The molecule has 1 saturated heterocycles. The van der Waals surface area contributed by atoms with Crippen LogP contribution in [0.5, 0.6) is 0 Å². The van der Waals surface area contributed by atoms with E-state index in [0.717, 1.165) is 0 Å². The fourth-order valence-electron chi connectivity index (χ4n) is 3.80. The molecule has 4 N–H and O–H groups in total. The second kappa shape index (κ2) is 14.5. The van der Waals surface area contributed by atoms with E-state index in [1.807, 2.05) is 0 Å². The van der Waals surface area contributed by atoms with E-state index in [1.165, 1.54) is 0 Å². The van der Waals surface area contributed by atoms with E-state index in [-0.39, 0.29) is 25.9 Å². The molecule has 1 fully saturated rings. The van der Waals surface area contributed by atoms with Crippen molar-refractivity contribution in [1.82, 2.24) is 20.4 Å². The smallest absolute Gasteiger partial charge is 0.321 e. The number of nitrogens with one attached hydrogen (secondary N) is 2. The third-order valence-corrected chi connectivity index (χ3v) is 5.32. The summed E-state index contributed by atoms with van der Waals surface area (Å²) in [5.74, 6) is -3.57. The van der Waals surface area contributed by atoms with Gasteiger partial charge in [0.2, 0.25) is 0 Å². The van der Waals surface area contributed by atoms with Crippen LogP contribution in [-0.4, -0.2) is 120 Å². The third kappa shape index (κ3) is 13.1. The number of carboxylic acid groups (broad SMARTS) is 2. The zero-order valence-electron chi connectivity index (χ0n) is 22.5. The summed E-state index contributed by atoms with van der Waals surface area (Å²) in [7, 11) is 0. The monoisotopic (exact) mass is 516 g/mol. The van der Waals surface area contributed by atoms with E-state index >= 15 is 0 Å². The molecule has 0 aromatic heterocycles. The van der Waals surface area contributed by atoms with Crippen LogP contribution in [0, 0.1) is 0 Å². The Morgan fingerprint density at radius 2 is 1.00 bits per heavy atom.